The highest BCUT2D eigenvalue weighted by Gasteiger charge is 2.43. The van der Waals surface area contributed by atoms with Crippen LogP contribution in [0, 0.1) is 5.92 Å². The van der Waals surface area contributed by atoms with Crippen LogP contribution in [0.1, 0.15) is 39.0 Å². The molecule has 0 amide bonds. The maximum Gasteiger partial charge on any atom is 0.156 e. The Hall–Kier alpha value is -0.810. The molecule has 5 nitrogen and oxygen atoms in total. The monoisotopic (exact) mass is 241 g/mol. The van der Waals surface area contributed by atoms with E-state index in [1.165, 1.54) is 6.42 Å². The van der Waals surface area contributed by atoms with Crippen LogP contribution < -0.4 is 5.73 Å². The Morgan fingerprint density at radius 3 is 2.94 bits per heavy atom. The first kappa shape index (κ1) is 12.6. The zero-order valence-electron chi connectivity index (χ0n) is 10.5. The van der Waals surface area contributed by atoms with Crippen molar-refractivity contribution >= 4 is 5.84 Å². The van der Waals surface area contributed by atoms with E-state index in [0.29, 0.717) is 5.92 Å². The van der Waals surface area contributed by atoms with Crippen LogP contribution in [0.15, 0.2) is 5.16 Å². The first-order valence-corrected chi connectivity index (χ1v) is 6.50. The predicted molar refractivity (Wildman–Crippen MR) is 66.0 cm³/mol. The molecule has 2 fully saturated rings. The van der Waals surface area contributed by atoms with E-state index in [2.05, 4.69) is 10.1 Å². The fourth-order valence-electron chi connectivity index (χ4n) is 3.22. The van der Waals surface area contributed by atoms with Gasteiger partial charge >= 0.3 is 0 Å². The van der Waals surface area contributed by atoms with Crippen molar-refractivity contribution in [1.82, 2.24) is 4.90 Å². The molecule has 1 saturated carbocycles. The molecule has 1 aliphatic carbocycles. The highest BCUT2D eigenvalue weighted by atomic mass is 16.4. The quantitative estimate of drug-likeness (QED) is 0.288. The van der Waals surface area contributed by atoms with E-state index in [0.717, 1.165) is 38.8 Å². The second kappa shape index (κ2) is 4.82. The van der Waals surface area contributed by atoms with Crippen molar-refractivity contribution in [1.29, 1.82) is 0 Å². The SMILES string of the molecule is CC(C(N)=NO)N1CCC2(O)CCCCC2C1. The van der Waals surface area contributed by atoms with Gasteiger partial charge in [0.15, 0.2) is 5.84 Å². The van der Waals surface area contributed by atoms with Crippen molar-refractivity contribution in [2.45, 2.75) is 50.7 Å². The lowest BCUT2D eigenvalue weighted by atomic mass is 9.71. The number of amidine groups is 1. The number of fused-ring (bicyclic) bond motifs is 1. The third-order valence-corrected chi connectivity index (χ3v) is 4.55. The number of nitrogens with two attached hydrogens (primary N) is 1. The smallest absolute Gasteiger partial charge is 0.156 e. The summed E-state index contributed by atoms with van der Waals surface area (Å²) in [5, 5.41) is 22.3. The molecule has 3 atom stereocenters. The number of piperidine rings is 1. The summed E-state index contributed by atoms with van der Waals surface area (Å²) in [7, 11) is 0. The molecule has 3 unspecified atom stereocenters. The number of hydrogen-bond acceptors (Lipinski definition) is 4. The van der Waals surface area contributed by atoms with Crippen LogP contribution in [0.2, 0.25) is 0 Å². The molecule has 2 rings (SSSR count). The Labute approximate surface area is 102 Å². The number of oxime groups is 1. The lowest BCUT2D eigenvalue weighted by Crippen LogP contribution is -2.57. The van der Waals surface area contributed by atoms with Gasteiger partial charge in [-0.25, -0.2) is 0 Å². The number of rotatable bonds is 2. The molecule has 0 aromatic carbocycles. The maximum absolute atomic E-state index is 10.5. The Morgan fingerprint density at radius 1 is 1.47 bits per heavy atom. The van der Waals surface area contributed by atoms with Crippen LogP contribution >= 0.6 is 0 Å². The minimum absolute atomic E-state index is 0.0496. The van der Waals surface area contributed by atoms with E-state index < -0.39 is 5.60 Å². The molecule has 1 aliphatic heterocycles. The van der Waals surface area contributed by atoms with Gasteiger partial charge in [-0.3, -0.25) is 4.90 Å². The summed E-state index contributed by atoms with van der Waals surface area (Å²) in [5.74, 6) is 0.602. The van der Waals surface area contributed by atoms with E-state index >= 15 is 0 Å². The Morgan fingerprint density at radius 2 is 2.24 bits per heavy atom. The van der Waals surface area contributed by atoms with Crippen LogP contribution in [0.3, 0.4) is 0 Å². The van der Waals surface area contributed by atoms with Crippen LogP contribution in [-0.2, 0) is 0 Å². The molecule has 0 spiro atoms. The molecule has 0 bridgehead atoms. The minimum atomic E-state index is -0.459. The second-order valence-corrected chi connectivity index (χ2v) is 5.49. The lowest BCUT2D eigenvalue weighted by molar-refractivity contribution is -0.0976. The van der Waals surface area contributed by atoms with Gasteiger partial charge in [-0.2, -0.15) is 0 Å². The average Bonchev–Trinajstić information content (AvgIpc) is 2.35. The number of likely N-dealkylation sites (tertiary alicyclic amines) is 1. The van der Waals surface area contributed by atoms with E-state index in [1.807, 2.05) is 6.92 Å². The van der Waals surface area contributed by atoms with Gasteiger partial charge in [0.2, 0.25) is 0 Å². The summed E-state index contributed by atoms with van der Waals surface area (Å²) >= 11 is 0. The second-order valence-electron chi connectivity index (χ2n) is 5.49. The molecule has 0 radical (unpaired) electrons. The first-order valence-electron chi connectivity index (χ1n) is 6.50. The number of nitrogens with zero attached hydrogens (tertiary/aromatic N) is 2. The Kier molecular flexibility index (Phi) is 3.58. The standard InChI is InChI=1S/C12H23N3O2/c1-9(11(13)14-17)15-7-6-12(16)5-3-2-4-10(12)8-15/h9-10,16-17H,2-8H2,1H3,(H2,13,14). The van der Waals surface area contributed by atoms with E-state index in [4.69, 9.17) is 10.9 Å². The van der Waals surface area contributed by atoms with Crippen molar-refractivity contribution in [3.05, 3.63) is 0 Å². The van der Waals surface area contributed by atoms with Crippen LogP contribution in [0.4, 0.5) is 0 Å². The maximum atomic E-state index is 10.5. The van der Waals surface area contributed by atoms with Gasteiger partial charge in [-0.05, 0) is 26.2 Å². The van der Waals surface area contributed by atoms with Gasteiger partial charge < -0.3 is 16.0 Å². The fourth-order valence-corrected chi connectivity index (χ4v) is 3.22. The molecule has 0 aromatic rings. The topological polar surface area (TPSA) is 82.1 Å². The number of hydrogen-bond donors (Lipinski definition) is 3. The summed E-state index contributed by atoms with van der Waals surface area (Å²) in [5.41, 5.74) is 5.19. The zero-order chi connectivity index (χ0) is 12.5. The third kappa shape index (κ3) is 2.40. The lowest BCUT2D eigenvalue weighted by Gasteiger charge is -2.48. The van der Waals surface area contributed by atoms with Crippen LogP contribution in [0.25, 0.3) is 0 Å². The van der Waals surface area contributed by atoms with Gasteiger partial charge in [0.05, 0.1) is 11.6 Å². The molecule has 2 aliphatic rings. The van der Waals surface area contributed by atoms with Gasteiger partial charge in [0.1, 0.15) is 0 Å². The van der Waals surface area contributed by atoms with Gasteiger partial charge in [-0.15, -0.1) is 0 Å². The molecule has 4 N–H and O–H groups in total. The fraction of sp³-hybridized carbons (Fsp3) is 0.917. The van der Waals surface area contributed by atoms with Gasteiger partial charge in [0.25, 0.3) is 0 Å². The van der Waals surface area contributed by atoms with E-state index in [-0.39, 0.29) is 11.9 Å². The van der Waals surface area contributed by atoms with E-state index in [1.54, 1.807) is 0 Å². The molecule has 0 aromatic heterocycles. The van der Waals surface area contributed by atoms with E-state index in [9.17, 15) is 5.11 Å². The van der Waals surface area contributed by atoms with Crippen molar-refractivity contribution < 1.29 is 10.3 Å². The highest BCUT2D eigenvalue weighted by molar-refractivity contribution is 5.84. The van der Waals surface area contributed by atoms with Crippen molar-refractivity contribution in [3.8, 4) is 0 Å². The predicted octanol–water partition coefficient (Wildman–Crippen LogP) is 0.748. The summed E-state index contributed by atoms with van der Waals surface area (Å²) in [4.78, 5) is 2.21. The van der Waals surface area contributed by atoms with Crippen molar-refractivity contribution in [2.24, 2.45) is 16.8 Å². The molecule has 98 valence electrons. The van der Waals surface area contributed by atoms with Crippen LogP contribution in [0.5, 0.6) is 0 Å². The van der Waals surface area contributed by atoms with Crippen LogP contribution in [-0.4, -0.2) is 45.8 Å². The summed E-state index contributed by atoms with van der Waals surface area (Å²) < 4.78 is 0. The zero-order valence-corrected chi connectivity index (χ0v) is 10.5. The van der Waals surface area contributed by atoms with Gasteiger partial charge in [0, 0.05) is 19.0 Å². The van der Waals surface area contributed by atoms with Crippen molar-refractivity contribution in [3.63, 3.8) is 0 Å². The average molecular weight is 241 g/mol. The largest absolute Gasteiger partial charge is 0.409 e. The highest BCUT2D eigenvalue weighted by Crippen LogP contribution is 2.40. The molecule has 5 heteroatoms. The van der Waals surface area contributed by atoms with Crippen molar-refractivity contribution in [2.75, 3.05) is 13.1 Å². The summed E-state index contributed by atoms with van der Waals surface area (Å²) in [6, 6.07) is -0.0496. The molecule has 1 heterocycles. The molecular weight excluding hydrogens is 218 g/mol. The molecule has 1 saturated heterocycles. The number of aliphatic hydroxyl groups is 1. The normalized spacial score (nSPS) is 37.5. The molecular formula is C12H23N3O2. The first-order chi connectivity index (χ1) is 8.07. The summed E-state index contributed by atoms with van der Waals surface area (Å²) in [6.45, 7) is 3.63. The minimum Gasteiger partial charge on any atom is -0.409 e. The third-order valence-electron chi connectivity index (χ3n) is 4.55. The molecule has 17 heavy (non-hydrogen) atoms. The Bertz CT molecular complexity index is 308. The Balaban J connectivity index is 2.02. The summed E-state index contributed by atoms with van der Waals surface area (Å²) in [6.07, 6.45) is 5.18. The van der Waals surface area contributed by atoms with Gasteiger partial charge in [-0.1, -0.05) is 18.0 Å².